The first kappa shape index (κ1) is 20.2. The summed E-state index contributed by atoms with van der Waals surface area (Å²) in [6.45, 7) is 5.44. The van der Waals surface area contributed by atoms with Gasteiger partial charge in [0.2, 0.25) is 0 Å². The first-order valence-electron chi connectivity index (χ1n) is 10.4. The number of hydrogen-bond donors (Lipinski definition) is 1. The summed E-state index contributed by atoms with van der Waals surface area (Å²) in [5, 5.41) is 3.63. The van der Waals surface area contributed by atoms with Crippen LogP contribution in [0.3, 0.4) is 0 Å². The van der Waals surface area contributed by atoms with Gasteiger partial charge < -0.3 is 19.3 Å². The summed E-state index contributed by atoms with van der Waals surface area (Å²) in [4.78, 5) is 21.7. The first-order chi connectivity index (χ1) is 14.1. The third kappa shape index (κ3) is 4.28. The van der Waals surface area contributed by atoms with E-state index < -0.39 is 0 Å². The number of urea groups is 1. The van der Waals surface area contributed by atoms with Gasteiger partial charge in [-0.2, -0.15) is 0 Å². The van der Waals surface area contributed by atoms with Crippen LogP contribution in [0.5, 0.6) is 5.75 Å². The van der Waals surface area contributed by atoms with Gasteiger partial charge in [0, 0.05) is 26.2 Å². The second-order valence-electron chi connectivity index (χ2n) is 8.04. The Morgan fingerprint density at radius 3 is 2.69 bits per heavy atom. The fourth-order valence-electron chi connectivity index (χ4n) is 4.22. The molecule has 0 unspecified atom stereocenters. The zero-order valence-electron chi connectivity index (χ0n) is 17.4. The molecular formula is C21H30N4O3S. The van der Waals surface area contributed by atoms with E-state index in [0.29, 0.717) is 11.2 Å². The van der Waals surface area contributed by atoms with E-state index in [1.54, 1.807) is 7.11 Å². The van der Waals surface area contributed by atoms with E-state index >= 15 is 0 Å². The molecule has 0 atom stereocenters. The number of aromatic nitrogens is 1. The van der Waals surface area contributed by atoms with Gasteiger partial charge in [-0.3, -0.25) is 5.32 Å². The standard InChI is InChI=1S/C21H30N4O3S/c1-14-4-6-15(7-5-14)24(2)21(26)23-20-22-18-17(27-3)9-8-16(19(18)29-20)25-10-12-28-13-11-25/h8-9,14-15H,4-7,10-13H2,1-3H3,(H,22,23,26). The molecule has 1 aliphatic heterocycles. The minimum atomic E-state index is -0.0875. The number of anilines is 2. The molecule has 0 bridgehead atoms. The van der Waals surface area contributed by atoms with Gasteiger partial charge in [0.1, 0.15) is 11.3 Å². The minimum Gasteiger partial charge on any atom is -0.494 e. The van der Waals surface area contributed by atoms with E-state index in [9.17, 15) is 4.79 Å². The molecule has 2 fully saturated rings. The van der Waals surface area contributed by atoms with Crippen LogP contribution in [-0.4, -0.2) is 62.4 Å². The second kappa shape index (κ2) is 8.75. The van der Waals surface area contributed by atoms with Crippen molar-refractivity contribution in [2.75, 3.05) is 50.7 Å². The van der Waals surface area contributed by atoms with E-state index in [2.05, 4.69) is 23.2 Å². The molecular weight excluding hydrogens is 388 g/mol. The summed E-state index contributed by atoms with van der Waals surface area (Å²) in [5.41, 5.74) is 1.92. The van der Waals surface area contributed by atoms with Crippen LogP contribution in [0.2, 0.25) is 0 Å². The molecule has 1 aromatic heterocycles. The number of hydrogen-bond acceptors (Lipinski definition) is 6. The number of methoxy groups -OCH3 is 1. The number of nitrogens with one attached hydrogen (secondary N) is 1. The summed E-state index contributed by atoms with van der Waals surface area (Å²) >= 11 is 1.51. The Labute approximate surface area is 176 Å². The molecule has 8 heteroatoms. The predicted molar refractivity (Wildman–Crippen MR) is 117 cm³/mol. The summed E-state index contributed by atoms with van der Waals surface area (Å²) < 4.78 is 12.0. The van der Waals surface area contributed by atoms with E-state index in [-0.39, 0.29) is 6.03 Å². The molecule has 0 spiro atoms. The quantitative estimate of drug-likeness (QED) is 0.807. The predicted octanol–water partition coefficient (Wildman–Crippen LogP) is 4.18. The van der Waals surface area contributed by atoms with Gasteiger partial charge in [0.15, 0.2) is 5.13 Å². The van der Waals surface area contributed by atoms with Gasteiger partial charge in [0.25, 0.3) is 0 Å². The monoisotopic (exact) mass is 418 g/mol. The Hall–Kier alpha value is -2.06. The summed E-state index contributed by atoms with van der Waals surface area (Å²) in [5.74, 6) is 1.49. The van der Waals surface area contributed by atoms with Crippen molar-refractivity contribution >= 4 is 38.4 Å². The van der Waals surface area contributed by atoms with Crippen molar-refractivity contribution < 1.29 is 14.3 Å². The first-order valence-corrected chi connectivity index (χ1v) is 11.2. The van der Waals surface area contributed by atoms with Crippen LogP contribution in [0.4, 0.5) is 15.6 Å². The van der Waals surface area contributed by atoms with Crippen LogP contribution >= 0.6 is 11.3 Å². The lowest BCUT2D eigenvalue weighted by atomic mass is 9.87. The highest BCUT2D eigenvalue weighted by Gasteiger charge is 2.26. The second-order valence-corrected chi connectivity index (χ2v) is 9.04. The topological polar surface area (TPSA) is 66.9 Å². The molecule has 1 saturated carbocycles. The SMILES string of the molecule is COc1ccc(N2CCOCC2)c2sc(NC(=O)N(C)C3CCC(C)CC3)nc12. The minimum absolute atomic E-state index is 0.0875. The third-order valence-corrected chi connectivity index (χ3v) is 7.12. The molecule has 0 radical (unpaired) electrons. The van der Waals surface area contributed by atoms with E-state index in [4.69, 9.17) is 14.5 Å². The number of benzene rings is 1. The number of rotatable bonds is 4. The number of ether oxygens (including phenoxy) is 2. The average Bonchev–Trinajstić information content (AvgIpc) is 3.17. The highest BCUT2D eigenvalue weighted by molar-refractivity contribution is 7.23. The number of carbonyl (C=O) groups excluding carboxylic acids is 1. The lowest BCUT2D eigenvalue weighted by molar-refractivity contribution is 0.123. The number of morpholine rings is 1. The van der Waals surface area contributed by atoms with Gasteiger partial charge in [-0.25, -0.2) is 9.78 Å². The number of amides is 2. The Kier molecular flexibility index (Phi) is 6.10. The average molecular weight is 419 g/mol. The highest BCUT2D eigenvalue weighted by Crippen LogP contribution is 2.39. The third-order valence-electron chi connectivity index (χ3n) is 6.12. The lowest BCUT2D eigenvalue weighted by Crippen LogP contribution is -2.41. The van der Waals surface area contributed by atoms with Gasteiger partial charge in [0.05, 0.1) is 30.7 Å². The van der Waals surface area contributed by atoms with Crippen molar-refractivity contribution in [3.8, 4) is 5.75 Å². The van der Waals surface area contributed by atoms with Gasteiger partial charge in [-0.1, -0.05) is 18.3 Å². The maximum atomic E-state index is 12.8. The van der Waals surface area contributed by atoms with Crippen molar-refractivity contribution in [2.45, 2.75) is 38.6 Å². The van der Waals surface area contributed by atoms with Crippen LogP contribution in [0, 0.1) is 5.92 Å². The Bertz CT molecular complexity index is 857. The highest BCUT2D eigenvalue weighted by atomic mass is 32.1. The molecule has 2 aromatic rings. The van der Waals surface area contributed by atoms with Crippen molar-refractivity contribution in [1.29, 1.82) is 0 Å². The summed E-state index contributed by atoms with van der Waals surface area (Å²) in [6.07, 6.45) is 4.51. The number of nitrogens with zero attached hydrogens (tertiary/aromatic N) is 3. The molecule has 29 heavy (non-hydrogen) atoms. The largest absolute Gasteiger partial charge is 0.494 e. The maximum Gasteiger partial charge on any atom is 0.323 e. The summed E-state index contributed by atoms with van der Waals surface area (Å²) in [6, 6.07) is 4.24. The van der Waals surface area contributed by atoms with E-state index in [1.165, 1.54) is 24.2 Å². The molecule has 1 aromatic carbocycles. The fourth-order valence-corrected chi connectivity index (χ4v) is 5.23. The molecule has 4 rings (SSSR count). The smallest absolute Gasteiger partial charge is 0.323 e. The van der Waals surface area contributed by atoms with E-state index in [1.807, 2.05) is 18.0 Å². The zero-order valence-corrected chi connectivity index (χ0v) is 18.3. The Balaban J connectivity index is 1.55. The van der Waals surface area contributed by atoms with Gasteiger partial charge >= 0.3 is 6.03 Å². The molecule has 2 heterocycles. The summed E-state index contributed by atoms with van der Waals surface area (Å²) in [7, 11) is 3.54. The van der Waals surface area contributed by atoms with Crippen LogP contribution in [-0.2, 0) is 4.74 Å². The molecule has 1 saturated heterocycles. The molecule has 2 aliphatic rings. The van der Waals surface area contributed by atoms with Crippen molar-refractivity contribution in [3.63, 3.8) is 0 Å². The Morgan fingerprint density at radius 2 is 2.00 bits per heavy atom. The number of fused-ring (bicyclic) bond motifs is 1. The van der Waals surface area contributed by atoms with E-state index in [0.717, 1.165) is 66.7 Å². The number of carbonyl (C=O) groups is 1. The Morgan fingerprint density at radius 1 is 1.28 bits per heavy atom. The van der Waals surface area contributed by atoms with Crippen LogP contribution in [0.1, 0.15) is 32.6 Å². The van der Waals surface area contributed by atoms with Crippen LogP contribution in [0.25, 0.3) is 10.2 Å². The van der Waals surface area contributed by atoms with Crippen molar-refractivity contribution in [3.05, 3.63) is 12.1 Å². The molecule has 7 nitrogen and oxygen atoms in total. The molecule has 1 N–H and O–H groups in total. The number of thiazole rings is 1. The molecule has 1 aliphatic carbocycles. The maximum absolute atomic E-state index is 12.8. The van der Waals surface area contributed by atoms with Gasteiger partial charge in [-0.15, -0.1) is 0 Å². The van der Waals surface area contributed by atoms with Crippen LogP contribution in [0.15, 0.2) is 12.1 Å². The molecule has 2 amide bonds. The van der Waals surface area contributed by atoms with Gasteiger partial charge in [-0.05, 0) is 43.7 Å². The fraction of sp³-hybridized carbons (Fsp3) is 0.619. The molecule has 158 valence electrons. The normalized spacial score (nSPS) is 22.5. The van der Waals surface area contributed by atoms with Crippen molar-refractivity contribution in [2.24, 2.45) is 5.92 Å². The van der Waals surface area contributed by atoms with Crippen molar-refractivity contribution in [1.82, 2.24) is 9.88 Å². The lowest BCUT2D eigenvalue weighted by Gasteiger charge is -2.33. The zero-order chi connectivity index (χ0) is 20.4. The van der Waals surface area contributed by atoms with Crippen LogP contribution < -0.4 is 15.0 Å².